The third-order valence-electron chi connectivity index (χ3n) is 6.52. The minimum Gasteiger partial charge on any atom is -0.381 e. The molecule has 1 N–H and O–H groups in total. The Labute approximate surface area is 173 Å². The lowest BCUT2D eigenvalue weighted by molar-refractivity contribution is -0.126. The summed E-state index contributed by atoms with van der Waals surface area (Å²) in [4.78, 5) is 19.8. The molecule has 1 atom stereocenters. The first-order valence-electron chi connectivity index (χ1n) is 10.7. The average Bonchev–Trinajstić information content (AvgIpc) is 3.22. The van der Waals surface area contributed by atoms with Gasteiger partial charge in [-0.15, -0.1) is 0 Å². The molecule has 1 aromatic heterocycles. The molecule has 2 aliphatic rings. The maximum atomic E-state index is 13.1. The van der Waals surface area contributed by atoms with Gasteiger partial charge in [-0.05, 0) is 62.4 Å². The fourth-order valence-electron chi connectivity index (χ4n) is 4.86. The largest absolute Gasteiger partial charge is 0.381 e. The first-order valence-corrected chi connectivity index (χ1v) is 10.7. The summed E-state index contributed by atoms with van der Waals surface area (Å²) in [5.41, 5.74) is 3.62. The van der Waals surface area contributed by atoms with Crippen LogP contribution in [0.1, 0.15) is 42.5 Å². The van der Waals surface area contributed by atoms with E-state index in [1.165, 1.54) is 11.1 Å². The molecule has 5 nitrogen and oxygen atoms in total. The standard InChI is InChI=1S/C24H31N3O2/c1-19-7-2-3-9-21(19)24(11-15-29-16-12-24)18-26-23(28)22-10-6-14-27(22)17-20-8-4-5-13-25-20/h2-5,7-9,13,22H,6,10-12,14-18H2,1H3,(H,26,28). The van der Waals surface area contributed by atoms with Crippen LogP contribution in [0.2, 0.25) is 0 Å². The Morgan fingerprint density at radius 2 is 2.00 bits per heavy atom. The van der Waals surface area contributed by atoms with Gasteiger partial charge >= 0.3 is 0 Å². The van der Waals surface area contributed by atoms with Crippen LogP contribution in [0.3, 0.4) is 0 Å². The number of carbonyl (C=O) groups excluding carboxylic acids is 1. The van der Waals surface area contributed by atoms with Crippen molar-refractivity contribution in [2.75, 3.05) is 26.3 Å². The second-order valence-electron chi connectivity index (χ2n) is 8.38. The smallest absolute Gasteiger partial charge is 0.237 e. The molecule has 1 unspecified atom stereocenters. The molecular weight excluding hydrogens is 362 g/mol. The van der Waals surface area contributed by atoms with Crippen LogP contribution in [0.5, 0.6) is 0 Å². The van der Waals surface area contributed by atoms with Gasteiger partial charge in [0.25, 0.3) is 0 Å². The van der Waals surface area contributed by atoms with Crippen LogP contribution in [-0.4, -0.2) is 48.1 Å². The summed E-state index contributed by atoms with van der Waals surface area (Å²) in [6, 6.07) is 14.5. The second kappa shape index (κ2) is 9.06. The molecule has 0 aliphatic carbocycles. The molecule has 2 aromatic rings. The van der Waals surface area contributed by atoms with Crippen LogP contribution < -0.4 is 5.32 Å². The van der Waals surface area contributed by atoms with Gasteiger partial charge in [0.15, 0.2) is 0 Å². The van der Waals surface area contributed by atoms with E-state index in [0.29, 0.717) is 6.54 Å². The molecule has 2 aliphatic heterocycles. The van der Waals surface area contributed by atoms with Gasteiger partial charge in [0.05, 0.1) is 11.7 Å². The molecule has 29 heavy (non-hydrogen) atoms. The summed E-state index contributed by atoms with van der Waals surface area (Å²) >= 11 is 0. The van der Waals surface area contributed by atoms with E-state index in [9.17, 15) is 4.79 Å². The SMILES string of the molecule is Cc1ccccc1C1(CNC(=O)C2CCCN2Cc2ccccn2)CCOCC1. The van der Waals surface area contributed by atoms with Gasteiger partial charge in [-0.25, -0.2) is 0 Å². The monoisotopic (exact) mass is 393 g/mol. The Bertz CT molecular complexity index is 818. The van der Waals surface area contributed by atoms with E-state index >= 15 is 0 Å². The summed E-state index contributed by atoms with van der Waals surface area (Å²) in [6.45, 7) is 6.02. The fraction of sp³-hybridized carbons (Fsp3) is 0.500. The predicted molar refractivity (Wildman–Crippen MR) is 114 cm³/mol. The fourth-order valence-corrected chi connectivity index (χ4v) is 4.86. The minimum absolute atomic E-state index is 0.0380. The first kappa shape index (κ1) is 20.0. The quantitative estimate of drug-likeness (QED) is 0.819. The lowest BCUT2D eigenvalue weighted by atomic mass is 9.72. The van der Waals surface area contributed by atoms with E-state index in [1.54, 1.807) is 0 Å². The van der Waals surface area contributed by atoms with Crippen LogP contribution in [0.25, 0.3) is 0 Å². The van der Waals surface area contributed by atoms with Crippen molar-refractivity contribution in [1.29, 1.82) is 0 Å². The van der Waals surface area contributed by atoms with Gasteiger partial charge in [0, 0.05) is 37.9 Å². The van der Waals surface area contributed by atoms with Gasteiger partial charge in [-0.1, -0.05) is 30.3 Å². The van der Waals surface area contributed by atoms with Gasteiger partial charge in [-0.2, -0.15) is 0 Å². The zero-order valence-corrected chi connectivity index (χ0v) is 17.3. The van der Waals surface area contributed by atoms with Crippen LogP contribution in [-0.2, 0) is 21.5 Å². The second-order valence-corrected chi connectivity index (χ2v) is 8.38. The maximum Gasteiger partial charge on any atom is 0.237 e. The lowest BCUT2D eigenvalue weighted by Gasteiger charge is -2.39. The summed E-state index contributed by atoms with van der Waals surface area (Å²) in [5, 5.41) is 3.32. The number of nitrogens with one attached hydrogen (secondary N) is 1. The predicted octanol–water partition coefficient (Wildman–Crippen LogP) is 3.22. The van der Waals surface area contributed by atoms with Crippen molar-refractivity contribution in [2.24, 2.45) is 0 Å². The highest BCUT2D eigenvalue weighted by molar-refractivity contribution is 5.82. The number of likely N-dealkylation sites (tertiary alicyclic amines) is 1. The topological polar surface area (TPSA) is 54.5 Å². The number of aromatic nitrogens is 1. The molecule has 1 amide bonds. The molecule has 2 fully saturated rings. The normalized spacial score (nSPS) is 21.8. The average molecular weight is 394 g/mol. The number of nitrogens with zero attached hydrogens (tertiary/aromatic N) is 2. The van der Waals surface area contributed by atoms with E-state index in [4.69, 9.17) is 4.74 Å². The zero-order valence-electron chi connectivity index (χ0n) is 17.3. The Morgan fingerprint density at radius 3 is 2.76 bits per heavy atom. The highest BCUT2D eigenvalue weighted by atomic mass is 16.5. The van der Waals surface area contributed by atoms with E-state index in [-0.39, 0.29) is 17.4 Å². The minimum atomic E-state index is -0.0641. The zero-order chi connectivity index (χ0) is 20.1. The molecule has 1 aromatic carbocycles. The number of pyridine rings is 1. The van der Waals surface area contributed by atoms with Gasteiger partial charge < -0.3 is 10.1 Å². The molecule has 154 valence electrons. The van der Waals surface area contributed by atoms with Crippen molar-refractivity contribution in [3.8, 4) is 0 Å². The van der Waals surface area contributed by atoms with Crippen molar-refractivity contribution in [1.82, 2.24) is 15.2 Å². The summed E-state index contributed by atoms with van der Waals surface area (Å²) < 4.78 is 5.65. The van der Waals surface area contributed by atoms with Crippen molar-refractivity contribution in [2.45, 2.75) is 50.6 Å². The number of ether oxygens (including phenoxy) is 1. The summed E-state index contributed by atoms with van der Waals surface area (Å²) in [7, 11) is 0. The third-order valence-corrected chi connectivity index (χ3v) is 6.52. The Morgan fingerprint density at radius 1 is 1.21 bits per heavy atom. The number of hydrogen-bond donors (Lipinski definition) is 1. The lowest BCUT2D eigenvalue weighted by Crippen LogP contribution is -2.49. The van der Waals surface area contributed by atoms with E-state index in [0.717, 1.165) is 57.7 Å². The molecular formula is C24H31N3O2. The van der Waals surface area contributed by atoms with Gasteiger partial charge in [-0.3, -0.25) is 14.7 Å². The van der Waals surface area contributed by atoms with Gasteiger partial charge in [0.1, 0.15) is 0 Å². The van der Waals surface area contributed by atoms with Crippen molar-refractivity contribution in [3.05, 3.63) is 65.5 Å². The number of amides is 1. The molecule has 2 saturated heterocycles. The highest BCUT2D eigenvalue weighted by Gasteiger charge is 2.37. The Kier molecular flexibility index (Phi) is 6.26. The molecule has 0 radical (unpaired) electrons. The number of aryl methyl sites for hydroxylation is 1. The molecule has 3 heterocycles. The number of rotatable bonds is 6. The molecule has 0 bridgehead atoms. The Balaban J connectivity index is 1.44. The van der Waals surface area contributed by atoms with Crippen LogP contribution in [0, 0.1) is 6.92 Å². The van der Waals surface area contributed by atoms with E-state index in [2.05, 4.69) is 46.4 Å². The Hall–Kier alpha value is -2.24. The molecule has 4 rings (SSSR count). The van der Waals surface area contributed by atoms with Crippen molar-refractivity contribution >= 4 is 5.91 Å². The number of carbonyl (C=O) groups is 1. The number of hydrogen-bond acceptors (Lipinski definition) is 4. The van der Waals surface area contributed by atoms with E-state index < -0.39 is 0 Å². The molecule has 5 heteroatoms. The third kappa shape index (κ3) is 4.51. The highest BCUT2D eigenvalue weighted by Crippen LogP contribution is 2.36. The van der Waals surface area contributed by atoms with Gasteiger partial charge in [0.2, 0.25) is 5.91 Å². The summed E-state index contributed by atoms with van der Waals surface area (Å²) in [5.74, 6) is 0.151. The first-order chi connectivity index (χ1) is 14.2. The van der Waals surface area contributed by atoms with Crippen LogP contribution in [0.4, 0.5) is 0 Å². The van der Waals surface area contributed by atoms with Crippen molar-refractivity contribution in [3.63, 3.8) is 0 Å². The van der Waals surface area contributed by atoms with Crippen LogP contribution >= 0.6 is 0 Å². The van der Waals surface area contributed by atoms with Crippen molar-refractivity contribution < 1.29 is 9.53 Å². The molecule has 0 spiro atoms. The number of benzene rings is 1. The van der Waals surface area contributed by atoms with Crippen LogP contribution in [0.15, 0.2) is 48.7 Å². The van der Waals surface area contributed by atoms with E-state index in [1.807, 2.05) is 24.4 Å². The maximum absolute atomic E-state index is 13.1. The summed E-state index contributed by atoms with van der Waals surface area (Å²) in [6.07, 6.45) is 5.68. The molecule has 0 saturated carbocycles.